The molecule has 0 bridgehead atoms. The molecular formula is C18H25N3O. The highest BCUT2D eigenvalue weighted by Crippen LogP contribution is 2.23. The van der Waals surface area contributed by atoms with Crippen LogP contribution in [0, 0.1) is 0 Å². The Morgan fingerprint density at radius 2 is 1.95 bits per heavy atom. The van der Waals surface area contributed by atoms with E-state index >= 15 is 0 Å². The molecule has 4 nitrogen and oxygen atoms in total. The van der Waals surface area contributed by atoms with E-state index in [1.54, 1.807) is 0 Å². The van der Waals surface area contributed by atoms with Crippen LogP contribution in [0.15, 0.2) is 42.7 Å². The molecule has 2 aromatic rings. The summed E-state index contributed by atoms with van der Waals surface area (Å²) in [5.41, 5.74) is 9.22. The van der Waals surface area contributed by atoms with Crippen LogP contribution in [0.25, 0.3) is 0 Å². The highest BCUT2D eigenvalue weighted by atomic mass is 16.5. The summed E-state index contributed by atoms with van der Waals surface area (Å²) in [5.74, 6) is 0.781. The van der Waals surface area contributed by atoms with Gasteiger partial charge in [-0.1, -0.05) is 13.0 Å². The van der Waals surface area contributed by atoms with Gasteiger partial charge in [0.2, 0.25) is 0 Å². The summed E-state index contributed by atoms with van der Waals surface area (Å²) in [4.78, 5) is 4.03. The van der Waals surface area contributed by atoms with Crippen LogP contribution in [0.3, 0.4) is 0 Å². The Balaban J connectivity index is 1.86. The third-order valence-corrected chi connectivity index (χ3v) is 3.48. The maximum absolute atomic E-state index is 6.05. The maximum Gasteiger partial charge on any atom is 0.142 e. The van der Waals surface area contributed by atoms with Gasteiger partial charge in [-0.05, 0) is 55.2 Å². The summed E-state index contributed by atoms with van der Waals surface area (Å²) in [6, 6.07) is 10.5. The van der Waals surface area contributed by atoms with Gasteiger partial charge in [0.1, 0.15) is 5.75 Å². The van der Waals surface area contributed by atoms with Crippen molar-refractivity contribution in [2.75, 3.05) is 12.3 Å². The van der Waals surface area contributed by atoms with Crippen molar-refractivity contribution in [3.63, 3.8) is 0 Å². The van der Waals surface area contributed by atoms with Gasteiger partial charge in [-0.3, -0.25) is 4.98 Å². The number of rotatable bonds is 8. The Morgan fingerprint density at radius 3 is 2.64 bits per heavy atom. The number of benzene rings is 1. The second kappa shape index (κ2) is 8.39. The van der Waals surface area contributed by atoms with Crippen molar-refractivity contribution in [2.45, 2.75) is 39.3 Å². The fourth-order valence-electron chi connectivity index (χ4n) is 2.29. The summed E-state index contributed by atoms with van der Waals surface area (Å²) in [5, 5.41) is 3.52. The molecule has 0 fully saturated rings. The lowest BCUT2D eigenvalue weighted by Crippen LogP contribution is -2.27. The fraction of sp³-hybridized carbons (Fsp3) is 0.389. The third kappa shape index (κ3) is 5.04. The first-order chi connectivity index (χ1) is 10.7. The molecule has 0 amide bonds. The average Bonchev–Trinajstić information content (AvgIpc) is 2.53. The van der Waals surface area contributed by atoms with Gasteiger partial charge in [0.05, 0.1) is 12.3 Å². The normalized spacial score (nSPS) is 12.1. The molecule has 0 aliphatic heterocycles. The number of nitrogen functional groups attached to an aromatic ring is 1. The first kappa shape index (κ1) is 16.3. The molecule has 2 rings (SSSR count). The Kier molecular flexibility index (Phi) is 6.22. The molecule has 1 atom stereocenters. The van der Waals surface area contributed by atoms with E-state index in [1.165, 1.54) is 11.1 Å². The van der Waals surface area contributed by atoms with E-state index in [0.29, 0.717) is 18.3 Å². The maximum atomic E-state index is 6.05. The summed E-state index contributed by atoms with van der Waals surface area (Å²) in [6.07, 6.45) is 5.55. The Morgan fingerprint density at radius 1 is 1.18 bits per heavy atom. The minimum atomic E-state index is 0.370. The molecule has 0 aliphatic rings. The van der Waals surface area contributed by atoms with Crippen LogP contribution in [0.2, 0.25) is 0 Å². The van der Waals surface area contributed by atoms with Gasteiger partial charge in [-0.25, -0.2) is 0 Å². The van der Waals surface area contributed by atoms with Crippen LogP contribution in [-0.4, -0.2) is 17.6 Å². The summed E-state index contributed by atoms with van der Waals surface area (Å²) < 4.78 is 5.60. The third-order valence-electron chi connectivity index (χ3n) is 3.48. The molecule has 0 aliphatic carbocycles. The number of hydrogen-bond acceptors (Lipinski definition) is 4. The minimum absolute atomic E-state index is 0.370. The van der Waals surface area contributed by atoms with E-state index < -0.39 is 0 Å². The number of aromatic nitrogens is 1. The molecule has 0 saturated carbocycles. The van der Waals surface area contributed by atoms with E-state index in [4.69, 9.17) is 10.5 Å². The highest BCUT2D eigenvalue weighted by molar-refractivity contribution is 5.54. The molecule has 0 spiro atoms. The van der Waals surface area contributed by atoms with Crippen molar-refractivity contribution in [2.24, 2.45) is 0 Å². The molecule has 1 heterocycles. The quantitative estimate of drug-likeness (QED) is 0.735. The van der Waals surface area contributed by atoms with Crippen LogP contribution in [0.1, 0.15) is 31.4 Å². The van der Waals surface area contributed by atoms with Gasteiger partial charge >= 0.3 is 0 Å². The molecule has 4 heteroatoms. The number of nitrogens with one attached hydrogen (secondary N) is 1. The molecule has 1 aromatic carbocycles. The van der Waals surface area contributed by atoms with Gasteiger partial charge < -0.3 is 15.8 Å². The first-order valence-electron chi connectivity index (χ1n) is 7.82. The van der Waals surface area contributed by atoms with Crippen molar-refractivity contribution in [3.05, 3.63) is 53.9 Å². The SMILES string of the molecule is CCCOc1ccc(CC(C)NCc2ccncc2)cc1N. The molecular weight excluding hydrogens is 274 g/mol. The Bertz CT molecular complexity index is 572. The van der Waals surface area contributed by atoms with E-state index in [0.717, 1.165) is 25.1 Å². The molecule has 1 aromatic heterocycles. The summed E-state index contributed by atoms with van der Waals surface area (Å²) in [6.45, 7) is 5.81. The molecule has 22 heavy (non-hydrogen) atoms. The molecule has 118 valence electrons. The van der Waals surface area contributed by atoms with Crippen molar-refractivity contribution < 1.29 is 4.74 Å². The van der Waals surface area contributed by atoms with E-state index in [9.17, 15) is 0 Å². The smallest absolute Gasteiger partial charge is 0.142 e. The lowest BCUT2D eigenvalue weighted by atomic mass is 10.1. The van der Waals surface area contributed by atoms with Crippen molar-refractivity contribution in [1.82, 2.24) is 10.3 Å². The lowest BCUT2D eigenvalue weighted by molar-refractivity contribution is 0.319. The number of pyridine rings is 1. The van der Waals surface area contributed by atoms with Crippen LogP contribution in [0.4, 0.5) is 5.69 Å². The summed E-state index contributed by atoms with van der Waals surface area (Å²) >= 11 is 0. The average molecular weight is 299 g/mol. The predicted molar refractivity (Wildman–Crippen MR) is 90.9 cm³/mol. The standard InChI is InChI=1S/C18H25N3O/c1-3-10-22-18-5-4-16(12-17(18)19)11-14(2)21-13-15-6-8-20-9-7-15/h4-9,12,14,21H,3,10-11,13,19H2,1-2H3. The molecule has 3 N–H and O–H groups in total. The van der Waals surface area contributed by atoms with Gasteiger partial charge in [0.15, 0.2) is 0 Å². The van der Waals surface area contributed by atoms with E-state index in [1.807, 2.05) is 36.7 Å². The molecule has 0 radical (unpaired) electrons. The van der Waals surface area contributed by atoms with Gasteiger partial charge in [-0.15, -0.1) is 0 Å². The number of nitrogens with zero attached hydrogens (tertiary/aromatic N) is 1. The van der Waals surface area contributed by atoms with Crippen LogP contribution >= 0.6 is 0 Å². The van der Waals surface area contributed by atoms with Crippen LogP contribution < -0.4 is 15.8 Å². The van der Waals surface area contributed by atoms with Crippen LogP contribution in [-0.2, 0) is 13.0 Å². The highest BCUT2D eigenvalue weighted by Gasteiger charge is 2.06. The topological polar surface area (TPSA) is 60.2 Å². The predicted octanol–water partition coefficient (Wildman–Crippen LogP) is 3.17. The van der Waals surface area contributed by atoms with Gasteiger partial charge in [0, 0.05) is 25.0 Å². The second-order valence-electron chi connectivity index (χ2n) is 5.56. The van der Waals surface area contributed by atoms with Crippen LogP contribution in [0.5, 0.6) is 5.75 Å². The minimum Gasteiger partial charge on any atom is -0.491 e. The number of hydrogen-bond donors (Lipinski definition) is 2. The first-order valence-corrected chi connectivity index (χ1v) is 7.82. The second-order valence-corrected chi connectivity index (χ2v) is 5.56. The number of nitrogens with two attached hydrogens (primary N) is 1. The number of ether oxygens (including phenoxy) is 1. The lowest BCUT2D eigenvalue weighted by Gasteiger charge is -2.15. The largest absolute Gasteiger partial charge is 0.491 e. The molecule has 0 saturated heterocycles. The fourth-order valence-corrected chi connectivity index (χ4v) is 2.29. The van der Waals surface area contributed by atoms with Crippen molar-refractivity contribution in [1.29, 1.82) is 0 Å². The monoisotopic (exact) mass is 299 g/mol. The van der Waals surface area contributed by atoms with Gasteiger partial charge in [0.25, 0.3) is 0 Å². The van der Waals surface area contributed by atoms with Gasteiger partial charge in [-0.2, -0.15) is 0 Å². The number of anilines is 1. The van der Waals surface area contributed by atoms with Crippen molar-refractivity contribution >= 4 is 5.69 Å². The summed E-state index contributed by atoms with van der Waals surface area (Å²) in [7, 11) is 0. The molecule has 1 unspecified atom stereocenters. The van der Waals surface area contributed by atoms with Crippen molar-refractivity contribution in [3.8, 4) is 5.75 Å². The van der Waals surface area contributed by atoms with E-state index in [-0.39, 0.29) is 0 Å². The zero-order valence-electron chi connectivity index (χ0n) is 13.4. The van der Waals surface area contributed by atoms with E-state index in [2.05, 4.69) is 30.2 Å². The Hall–Kier alpha value is -2.07. The Labute approximate surface area is 132 Å². The zero-order valence-corrected chi connectivity index (χ0v) is 13.4. The zero-order chi connectivity index (χ0) is 15.8.